The molecule has 0 aliphatic carbocycles. The number of nitrogens with zero attached hydrogens (tertiary/aromatic N) is 1. The molecule has 120 valence electrons. The lowest BCUT2D eigenvalue weighted by atomic mass is 10.00. The van der Waals surface area contributed by atoms with Crippen LogP contribution in [0.4, 0.5) is 0 Å². The van der Waals surface area contributed by atoms with Crippen LogP contribution in [0.1, 0.15) is 28.9 Å². The van der Waals surface area contributed by atoms with Gasteiger partial charge in [0.1, 0.15) is 0 Å². The molecule has 1 aliphatic heterocycles. The normalized spacial score (nSPS) is 16.2. The standard InChI is InChI=1S/C19H21NO2S/c1-14(21)17-3-2-4-18(13-17)15-5-7-16(8-6-15)19(22)20-9-11-23-12-10-20/h2-8,13-14,21H,9-12H2,1H3/t14-/m0/s1. The van der Waals surface area contributed by atoms with Gasteiger partial charge in [0.2, 0.25) is 0 Å². The first kappa shape index (κ1) is 16.1. The third-order valence-electron chi connectivity index (χ3n) is 4.13. The topological polar surface area (TPSA) is 40.5 Å². The molecule has 3 nitrogen and oxygen atoms in total. The minimum atomic E-state index is -0.479. The highest BCUT2D eigenvalue weighted by molar-refractivity contribution is 7.99. The Hall–Kier alpha value is -1.78. The molecular formula is C19H21NO2S. The van der Waals surface area contributed by atoms with Crippen LogP contribution in [0.2, 0.25) is 0 Å². The molecule has 23 heavy (non-hydrogen) atoms. The smallest absolute Gasteiger partial charge is 0.253 e. The molecule has 2 aromatic carbocycles. The van der Waals surface area contributed by atoms with E-state index >= 15 is 0 Å². The van der Waals surface area contributed by atoms with Crippen LogP contribution in [-0.4, -0.2) is 40.5 Å². The fourth-order valence-electron chi connectivity index (χ4n) is 2.73. The van der Waals surface area contributed by atoms with Crippen LogP contribution in [0.15, 0.2) is 48.5 Å². The summed E-state index contributed by atoms with van der Waals surface area (Å²) < 4.78 is 0. The van der Waals surface area contributed by atoms with Crippen molar-refractivity contribution in [1.29, 1.82) is 0 Å². The maximum atomic E-state index is 12.5. The van der Waals surface area contributed by atoms with Crippen molar-refractivity contribution in [2.45, 2.75) is 13.0 Å². The van der Waals surface area contributed by atoms with Gasteiger partial charge in [-0.05, 0) is 41.8 Å². The van der Waals surface area contributed by atoms with E-state index in [1.807, 2.05) is 65.2 Å². The van der Waals surface area contributed by atoms with Gasteiger partial charge < -0.3 is 10.0 Å². The highest BCUT2D eigenvalue weighted by Crippen LogP contribution is 2.24. The van der Waals surface area contributed by atoms with Crippen molar-refractivity contribution >= 4 is 17.7 Å². The van der Waals surface area contributed by atoms with E-state index in [1.165, 1.54) is 0 Å². The Morgan fingerprint density at radius 1 is 1.09 bits per heavy atom. The maximum Gasteiger partial charge on any atom is 0.253 e. The summed E-state index contributed by atoms with van der Waals surface area (Å²) in [6, 6.07) is 15.6. The van der Waals surface area contributed by atoms with Crippen LogP contribution in [0.25, 0.3) is 11.1 Å². The van der Waals surface area contributed by atoms with Gasteiger partial charge in [-0.25, -0.2) is 0 Å². The molecule has 1 amide bonds. The van der Waals surface area contributed by atoms with Gasteiger partial charge in [0.05, 0.1) is 6.10 Å². The van der Waals surface area contributed by atoms with Crippen molar-refractivity contribution in [3.05, 3.63) is 59.7 Å². The van der Waals surface area contributed by atoms with Crippen LogP contribution < -0.4 is 0 Å². The summed E-state index contributed by atoms with van der Waals surface area (Å²) in [5.74, 6) is 2.17. The Balaban J connectivity index is 1.79. The minimum absolute atomic E-state index is 0.120. The number of thioether (sulfide) groups is 1. The van der Waals surface area contributed by atoms with Crippen molar-refractivity contribution in [1.82, 2.24) is 4.90 Å². The summed E-state index contributed by atoms with van der Waals surface area (Å²) >= 11 is 1.90. The number of carbonyl (C=O) groups excluding carboxylic acids is 1. The Kier molecular flexibility index (Phi) is 5.03. The van der Waals surface area contributed by atoms with E-state index in [0.29, 0.717) is 0 Å². The number of aliphatic hydroxyl groups excluding tert-OH is 1. The zero-order valence-electron chi connectivity index (χ0n) is 13.2. The first-order valence-corrected chi connectivity index (χ1v) is 9.06. The second-order valence-corrected chi connectivity index (χ2v) is 7.01. The highest BCUT2D eigenvalue weighted by Gasteiger charge is 2.18. The number of carbonyl (C=O) groups is 1. The van der Waals surface area contributed by atoms with E-state index < -0.39 is 6.10 Å². The van der Waals surface area contributed by atoms with Crippen molar-refractivity contribution in [2.75, 3.05) is 24.6 Å². The van der Waals surface area contributed by atoms with Gasteiger partial charge in [0, 0.05) is 30.2 Å². The number of rotatable bonds is 3. The predicted molar refractivity (Wildman–Crippen MR) is 95.7 cm³/mol. The second kappa shape index (κ2) is 7.20. The SMILES string of the molecule is C[C@H](O)c1cccc(-c2ccc(C(=O)N3CCSCC3)cc2)c1. The number of hydrogen-bond acceptors (Lipinski definition) is 3. The molecule has 0 aromatic heterocycles. The monoisotopic (exact) mass is 327 g/mol. The van der Waals surface area contributed by atoms with Crippen LogP contribution in [0.5, 0.6) is 0 Å². The zero-order valence-corrected chi connectivity index (χ0v) is 14.1. The molecule has 0 unspecified atom stereocenters. The average molecular weight is 327 g/mol. The molecule has 1 aliphatic rings. The largest absolute Gasteiger partial charge is 0.389 e. The van der Waals surface area contributed by atoms with E-state index in [4.69, 9.17) is 0 Å². The molecule has 3 rings (SSSR count). The van der Waals surface area contributed by atoms with E-state index in [0.717, 1.165) is 46.8 Å². The van der Waals surface area contributed by atoms with Gasteiger partial charge in [0.25, 0.3) is 5.91 Å². The van der Waals surface area contributed by atoms with Gasteiger partial charge in [0.15, 0.2) is 0 Å². The molecule has 0 bridgehead atoms. The first-order chi connectivity index (χ1) is 11.1. The van der Waals surface area contributed by atoms with Crippen molar-refractivity contribution in [2.24, 2.45) is 0 Å². The quantitative estimate of drug-likeness (QED) is 0.936. The van der Waals surface area contributed by atoms with Crippen LogP contribution in [0, 0.1) is 0 Å². The molecule has 0 saturated carbocycles. The fraction of sp³-hybridized carbons (Fsp3) is 0.316. The third kappa shape index (κ3) is 3.77. The van der Waals surface area contributed by atoms with Crippen LogP contribution in [-0.2, 0) is 0 Å². The molecule has 0 spiro atoms. The Labute approximate surface area is 141 Å². The summed E-state index contributed by atoms with van der Waals surface area (Å²) in [7, 11) is 0. The summed E-state index contributed by atoms with van der Waals surface area (Å²) in [6.07, 6.45) is -0.479. The predicted octanol–water partition coefficient (Wildman–Crippen LogP) is 3.60. The Morgan fingerprint density at radius 2 is 1.78 bits per heavy atom. The van der Waals surface area contributed by atoms with Crippen LogP contribution >= 0.6 is 11.8 Å². The first-order valence-electron chi connectivity index (χ1n) is 7.90. The lowest BCUT2D eigenvalue weighted by Crippen LogP contribution is -2.37. The summed E-state index contributed by atoms with van der Waals surface area (Å²) in [4.78, 5) is 14.4. The van der Waals surface area contributed by atoms with E-state index in [-0.39, 0.29) is 5.91 Å². The lowest BCUT2D eigenvalue weighted by molar-refractivity contribution is 0.0772. The molecule has 1 heterocycles. The summed E-state index contributed by atoms with van der Waals surface area (Å²) in [5.41, 5.74) is 3.75. The summed E-state index contributed by atoms with van der Waals surface area (Å²) in [5, 5.41) is 9.70. The Bertz CT molecular complexity index is 676. The average Bonchev–Trinajstić information content (AvgIpc) is 2.62. The molecule has 4 heteroatoms. The summed E-state index contributed by atoms with van der Waals surface area (Å²) in [6.45, 7) is 3.43. The molecule has 1 N–H and O–H groups in total. The lowest BCUT2D eigenvalue weighted by Gasteiger charge is -2.26. The van der Waals surface area contributed by atoms with Gasteiger partial charge >= 0.3 is 0 Å². The molecule has 1 fully saturated rings. The molecule has 1 atom stereocenters. The number of aliphatic hydroxyl groups is 1. The number of benzene rings is 2. The molecule has 0 radical (unpaired) electrons. The minimum Gasteiger partial charge on any atom is -0.389 e. The molecule has 2 aromatic rings. The van der Waals surface area contributed by atoms with Gasteiger partial charge in [-0.15, -0.1) is 0 Å². The van der Waals surface area contributed by atoms with Crippen molar-refractivity contribution in [3.8, 4) is 11.1 Å². The van der Waals surface area contributed by atoms with Crippen molar-refractivity contribution < 1.29 is 9.90 Å². The fourth-order valence-corrected chi connectivity index (χ4v) is 3.64. The zero-order chi connectivity index (χ0) is 16.2. The van der Waals surface area contributed by atoms with E-state index in [9.17, 15) is 9.90 Å². The second-order valence-electron chi connectivity index (χ2n) is 5.78. The van der Waals surface area contributed by atoms with E-state index in [1.54, 1.807) is 6.92 Å². The molecular weight excluding hydrogens is 306 g/mol. The Morgan fingerprint density at radius 3 is 2.43 bits per heavy atom. The van der Waals surface area contributed by atoms with Crippen LogP contribution in [0.3, 0.4) is 0 Å². The third-order valence-corrected chi connectivity index (χ3v) is 5.08. The van der Waals surface area contributed by atoms with Gasteiger partial charge in [-0.3, -0.25) is 4.79 Å². The van der Waals surface area contributed by atoms with Gasteiger partial charge in [-0.2, -0.15) is 11.8 Å². The highest BCUT2D eigenvalue weighted by atomic mass is 32.2. The number of amides is 1. The maximum absolute atomic E-state index is 12.5. The van der Waals surface area contributed by atoms with Crippen molar-refractivity contribution in [3.63, 3.8) is 0 Å². The molecule has 1 saturated heterocycles. The van der Waals surface area contributed by atoms with E-state index in [2.05, 4.69) is 0 Å². The van der Waals surface area contributed by atoms with Gasteiger partial charge in [-0.1, -0.05) is 30.3 Å². The number of hydrogen-bond donors (Lipinski definition) is 1.